The van der Waals surface area contributed by atoms with Crippen molar-refractivity contribution in [1.29, 1.82) is 0 Å². The number of benzene rings is 2. The molecule has 0 saturated heterocycles. The van der Waals surface area contributed by atoms with Crippen LogP contribution in [-0.2, 0) is 20.7 Å². The van der Waals surface area contributed by atoms with Gasteiger partial charge in [0, 0.05) is 35.4 Å². The molecule has 0 bridgehead atoms. The molecule has 0 aliphatic rings. The Balaban J connectivity index is 2.05. The molecule has 7 nitrogen and oxygen atoms in total. The molecule has 8 heteroatoms. The maximum absolute atomic E-state index is 12.5. The van der Waals surface area contributed by atoms with Crippen molar-refractivity contribution in [3.8, 4) is 5.75 Å². The Hall–Kier alpha value is -2.58. The fraction of sp³-hybridized carbons (Fsp3) is 0.235. The highest BCUT2D eigenvalue weighted by molar-refractivity contribution is 7.91. The van der Waals surface area contributed by atoms with E-state index in [-0.39, 0.29) is 12.3 Å². The van der Waals surface area contributed by atoms with E-state index in [1.165, 1.54) is 24.3 Å². The summed E-state index contributed by atoms with van der Waals surface area (Å²) >= 11 is -1.47. The average molecular weight is 363 g/mol. The lowest BCUT2D eigenvalue weighted by atomic mass is 10.3. The minimum absolute atomic E-state index is 0.0579. The summed E-state index contributed by atoms with van der Waals surface area (Å²) in [5.74, 6) is -0.00830. The lowest BCUT2D eigenvalue weighted by Crippen LogP contribution is -2.26. The van der Waals surface area contributed by atoms with Gasteiger partial charge in [-0.05, 0) is 38.1 Å². The topological polar surface area (TPSA) is 102 Å². The molecule has 2 aromatic carbocycles. The zero-order valence-corrected chi connectivity index (χ0v) is 14.5. The number of carbonyl (C=O) groups excluding carboxylic acids is 1. The normalized spacial score (nSPS) is 12.9. The molecule has 0 saturated carbocycles. The van der Waals surface area contributed by atoms with Crippen molar-refractivity contribution < 1.29 is 23.7 Å². The molecule has 0 amide bonds. The summed E-state index contributed by atoms with van der Waals surface area (Å²) in [6.45, 7) is 3.58. The Morgan fingerprint density at radius 3 is 2.12 bits per heavy atom. The van der Waals surface area contributed by atoms with Gasteiger partial charge in [-0.2, -0.15) is 0 Å². The Bertz CT molecular complexity index is 732. The van der Waals surface area contributed by atoms with E-state index >= 15 is 0 Å². The number of hydrogen-bond donors (Lipinski definition) is 0. The zero-order valence-electron chi connectivity index (χ0n) is 13.7. The molecule has 25 heavy (non-hydrogen) atoms. The van der Waals surface area contributed by atoms with Gasteiger partial charge in [0.1, 0.15) is 5.75 Å². The standard InChI is InChI=1S/C17H17NO6S/c1-3-23-17(19)12(2)24-14-6-10-16(11-7-14)25(22)15-8-4-13(5-9-15)18(20)21/h4-12H,3H2,1-2H3. The van der Waals surface area contributed by atoms with Gasteiger partial charge in [-0.1, -0.05) is 0 Å². The molecule has 2 rings (SSSR count). The number of nitro benzene ring substituents is 1. The molecule has 0 aromatic heterocycles. The minimum atomic E-state index is -1.47. The van der Waals surface area contributed by atoms with Crippen LogP contribution in [0.1, 0.15) is 13.8 Å². The van der Waals surface area contributed by atoms with Gasteiger partial charge in [-0.25, -0.2) is 4.79 Å². The monoisotopic (exact) mass is 363 g/mol. The van der Waals surface area contributed by atoms with Crippen molar-refractivity contribution in [1.82, 2.24) is 0 Å². The molecule has 0 aliphatic carbocycles. The highest BCUT2D eigenvalue weighted by Crippen LogP contribution is 2.25. The maximum Gasteiger partial charge on any atom is 0.347 e. The van der Waals surface area contributed by atoms with Gasteiger partial charge in [0.15, 0.2) is 15.9 Å². The summed E-state index contributed by atoms with van der Waals surface area (Å²) in [5, 5.41) is 10.6. The number of esters is 1. The van der Waals surface area contributed by atoms with Crippen LogP contribution in [0.5, 0.6) is 5.75 Å². The second-order valence-electron chi connectivity index (χ2n) is 5.00. The molecule has 132 valence electrons. The number of rotatable bonds is 7. The second kappa shape index (κ2) is 8.50. The third kappa shape index (κ3) is 4.94. The van der Waals surface area contributed by atoms with Crippen LogP contribution in [0.15, 0.2) is 58.3 Å². The zero-order chi connectivity index (χ0) is 18.4. The summed E-state index contributed by atoms with van der Waals surface area (Å²) in [5.41, 5.74) is -0.0579. The molecule has 2 unspecified atom stereocenters. The van der Waals surface area contributed by atoms with Crippen molar-refractivity contribution in [2.24, 2.45) is 0 Å². The van der Waals surface area contributed by atoms with Crippen LogP contribution in [0.4, 0.5) is 5.69 Å². The van der Waals surface area contributed by atoms with Crippen LogP contribution < -0.4 is 4.74 Å². The van der Waals surface area contributed by atoms with Crippen LogP contribution in [0.3, 0.4) is 0 Å². The van der Waals surface area contributed by atoms with Gasteiger partial charge in [0.2, 0.25) is 0 Å². The average Bonchev–Trinajstić information content (AvgIpc) is 2.62. The minimum Gasteiger partial charge on any atom is -0.606 e. The van der Waals surface area contributed by atoms with Crippen molar-refractivity contribution in [3.05, 3.63) is 58.6 Å². The van der Waals surface area contributed by atoms with Crippen LogP contribution >= 0.6 is 0 Å². The van der Waals surface area contributed by atoms with Gasteiger partial charge in [0.05, 0.1) is 11.5 Å². The Labute approximate surface area is 147 Å². The van der Waals surface area contributed by atoms with Crippen molar-refractivity contribution in [3.63, 3.8) is 0 Å². The lowest BCUT2D eigenvalue weighted by molar-refractivity contribution is -0.384. The fourth-order valence-electron chi connectivity index (χ4n) is 1.98. The third-order valence-corrected chi connectivity index (χ3v) is 4.63. The van der Waals surface area contributed by atoms with E-state index in [9.17, 15) is 19.5 Å². The van der Waals surface area contributed by atoms with Gasteiger partial charge in [0.25, 0.3) is 5.69 Å². The molecule has 0 N–H and O–H groups in total. The van der Waals surface area contributed by atoms with E-state index < -0.39 is 28.2 Å². The van der Waals surface area contributed by atoms with Gasteiger partial charge >= 0.3 is 5.97 Å². The van der Waals surface area contributed by atoms with Gasteiger partial charge < -0.3 is 14.0 Å². The molecule has 2 aromatic rings. The first-order chi connectivity index (χ1) is 11.9. The maximum atomic E-state index is 12.5. The summed E-state index contributed by atoms with van der Waals surface area (Å²) < 4.78 is 22.8. The summed E-state index contributed by atoms with van der Waals surface area (Å²) in [6.07, 6.45) is -0.744. The van der Waals surface area contributed by atoms with E-state index in [0.717, 1.165) is 0 Å². The summed E-state index contributed by atoms with van der Waals surface area (Å²) in [6, 6.07) is 12.0. The van der Waals surface area contributed by atoms with Crippen LogP contribution in [0, 0.1) is 10.1 Å². The van der Waals surface area contributed by atoms with Gasteiger partial charge in [-0.3, -0.25) is 10.1 Å². The van der Waals surface area contributed by atoms with Crippen molar-refractivity contribution in [2.45, 2.75) is 29.7 Å². The van der Waals surface area contributed by atoms with E-state index in [1.807, 2.05) is 0 Å². The van der Waals surface area contributed by atoms with E-state index in [4.69, 9.17) is 9.47 Å². The molecule has 0 radical (unpaired) electrons. The number of carbonyl (C=O) groups is 1. The molecule has 0 heterocycles. The summed E-state index contributed by atoms with van der Waals surface area (Å²) in [7, 11) is 0. The second-order valence-corrected chi connectivity index (χ2v) is 6.48. The number of nitro groups is 1. The van der Waals surface area contributed by atoms with Gasteiger partial charge in [-0.15, -0.1) is 0 Å². The molecular weight excluding hydrogens is 346 g/mol. The molecular formula is C17H17NO6S. The van der Waals surface area contributed by atoms with E-state index in [1.54, 1.807) is 38.1 Å². The molecule has 0 aliphatic heterocycles. The first-order valence-corrected chi connectivity index (χ1v) is 8.67. The van der Waals surface area contributed by atoms with E-state index in [0.29, 0.717) is 15.5 Å². The molecule has 2 atom stereocenters. The fourth-order valence-corrected chi connectivity index (χ4v) is 3.02. The lowest BCUT2D eigenvalue weighted by Gasteiger charge is -2.14. The van der Waals surface area contributed by atoms with Crippen LogP contribution in [-0.4, -0.2) is 28.2 Å². The summed E-state index contributed by atoms with van der Waals surface area (Å²) in [4.78, 5) is 22.7. The molecule has 0 fully saturated rings. The highest BCUT2D eigenvalue weighted by atomic mass is 32.2. The molecule has 0 spiro atoms. The predicted octanol–water partition coefficient (Wildman–Crippen LogP) is 3.09. The van der Waals surface area contributed by atoms with Crippen molar-refractivity contribution >= 4 is 22.8 Å². The Kier molecular flexibility index (Phi) is 6.37. The smallest absolute Gasteiger partial charge is 0.347 e. The number of nitrogens with zero attached hydrogens (tertiary/aromatic N) is 1. The Morgan fingerprint density at radius 2 is 1.64 bits per heavy atom. The largest absolute Gasteiger partial charge is 0.606 e. The SMILES string of the molecule is CCOC(=O)C(C)Oc1ccc([S+]([O-])c2ccc([N+](=O)[O-])cc2)cc1. The third-order valence-electron chi connectivity index (χ3n) is 3.23. The number of ether oxygens (including phenoxy) is 2. The number of hydrogen-bond acceptors (Lipinski definition) is 6. The van der Waals surface area contributed by atoms with E-state index in [2.05, 4.69) is 0 Å². The Morgan fingerprint density at radius 1 is 1.12 bits per heavy atom. The van der Waals surface area contributed by atoms with Crippen LogP contribution in [0.2, 0.25) is 0 Å². The first kappa shape index (κ1) is 18.8. The quantitative estimate of drug-likeness (QED) is 0.324. The van der Waals surface area contributed by atoms with Crippen molar-refractivity contribution in [2.75, 3.05) is 6.61 Å². The highest BCUT2D eigenvalue weighted by Gasteiger charge is 2.18. The first-order valence-electron chi connectivity index (χ1n) is 7.52. The van der Waals surface area contributed by atoms with Crippen LogP contribution in [0.25, 0.3) is 0 Å². The predicted molar refractivity (Wildman–Crippen MR) is 90.9 cm³/mol. The number of non-ortho nitro benzene ring substituents is 1.